The lowest BCUT2D eigenvalue weighted by molar-refractivity contribution is -0.128. The molecule has 5 nitrogen and oxygen atoms in total. The summed E-state index contributed by atoms with van der Waals surface area (Å²) in [6.07, 6.45) is 0.445. The van der Waals surface area contributed by atoms with Crippen molar-refractivity contribution in [3.63, 3.8) is 0 Å². The summed E-state index contributed by atoms with van der Waals surface area (Å²) in [5.41, 5.74) is 7.68. The number of carbonyl (C=O) groups is 1. The number of imidazole rings is 1. The number of amides is 1. The van der Waals surface area contributed by atoms with Crippen molar-refractivity contribution in [1.29, 1.82) is 0 Å². The van der Waals surface area contributed by atoms with Gasteiger partial charge in [0, 0.05) is 19.0 Å². The highest BCUT2D eigenvalue weighted by atomic mass is 16.2. The SMILES string of the molecule is NC1CC(=O)N(Cc2nc3ccccc3[nH]2)C1. The zero-order chi connectivity index (χ0) is 11.8. The number of likely N-dealkylation sites (tertiary alicyclic amines) is 1. The van der Waals surface area contributed by atoms with Gasteiger partial charge in [-0.25, -0.2) is 4.98 Å². The van der Waals surface area contributed by atoms with Crippen molar-refractivity contribution in [2.45, 2.75) is 19.0 Å². The molecule has 1 aromatic carbocycles. The van der Waals surface area contributed by atoms with Crippen molar-refractivity contribution < 1.29 is 4.79 Å². The topological polar surface area (TPSA) is 75.0 Å². The summed E-state index contributed by atoms with van der Waals surface area (Å²) in [5, 5.41) is 0. The van der Waals surface area contributed by atoms with Crippen LogP contribution in [0.1, 0.15) is 12.2 Å². The lowest BCUT2D eigenvalue weighted by atomic mass is 10.3. The summed E-state index contributed by atoms with van der Waals surface area (Å²) in [7, 11) is 0. The van der Waals surface area contributed by atoms with Crippen LogP contribution in [0, 0.1) is 0 Å². The lowest BCUT2D eigenvalue weighted by Gasteiger charge is -2.13. The van der Waals surface area contributed by atoms with E-state index in [1.54, 1.807) is 4.90 Å². The number of para-hydroxylation sites is 2. The fraction of sp³-hybridized carbons (Fsp3) is 0.333. The molecule has 3 N–H and O–H groups in total. The number of aromatic nitrogens is 2. The second-order valence-corrected chi connectivity index (χ2v) is 4.44. The zero-order valence-corrected chi connectivity index (χ0v) is 9.39. The highest BCUT2D eigenvalue weighted by Gasteiger charge is 2.27. The highest BCUT2D eigenvalue weighted by Crippen LogP contribution is 2.15. The van der Waals surface area contributed by atoms with Crippen LogP contribution in [-0.2, 0) is 11.3 Å². The number of H-pyrrole nitrogens is 1. The number of rotatable bonds is 2. The summed E-state index contributed by atoms with van der Waals surface area (Å²) < 4.78 is 0. The van der Waals surface area contributed by atoms with Crippen LogP contribution >= 0.6 is 0 Å². The molecule has 1 amide bonds. The molecule has 0 saturated carbocycles. The minimum Gasteiger partial charge on any atom is -0.340 e. The van der Waals surface area contributed by atoms with Gasteiger partial charge in [-0.3, -0.25) is 4.79 Å². The first-order chi connectivity index (χ1) is 8.22. The molecule has 1 saturated heterocycles. The second kappa shape index (κ2) is 3.85. The zero-order valence-electron chi connectivity index (χ0n) is 9.39. The van der Waals surface area contributed by atoms with E-state index in [1.165, 1.54) is 0 Å². The van der Waals surface area contributed by atoms with Gasteiger partial charge in [0.2, 0.25) is 5.91 Å². The number of benzene rings is 1. The molecular formula is C12H14N4O. The fourth-order valence-corrected chi connectivity index (χ4v) is 2.22. The first-order valence-corrected chi connectivity index (χ1v) is 5.69. The number of hydrogen-bond acceptors (Lipinski definition) is 3. The molecule has 5 heteroatoms. The Labute approximate surface area is 98.6 Å². The van der Waals surface area contributed by atoms with E-state index in [4.69, 9.17) is 5.73 Å². The first-order valence-electron chi connectivity index (χ1n) is 5.69. The molecule has 1 aliphatic rings. The first kappa shape index (κ1) is 10.3. The second-order valence-electron chi connectivity index (χ2n) is 4.44. The van der Waals surface area contributed by atoms with Crippen LogP contribution in [0.25, 0.3) is 11.0 Å². The minimum absolute atomic E-state index is 0.0353. The van der Waals surface area contributed by atoms with Crippen LogP contribution in [0.3, 0.4) is 0 Å². The Hall–Kier alpha value is -1.88. The largest absolute Gasteiger partial charge is 0.340 e. The molecule has 2 heterocycles. The molecule has 3 rings (SSSR count). The molecule has 17 heavy (non-hydrogen) atoms. The molecule has 0 bridgehead atoms. The van der Waals surface area contributed by atoms with Gasteiger partial charge in [0.25, 0.3) is 0 Å². The summed E-state index contributed by atoms with van der Waals surface area (Å²) in [5.74, 6) is 0.923. The van der Waals surface area contributed by atoms with Gasteiger partial charge in [0.1, 0.15) is 5.82 Å². The molecule has 1 fully saturated rings. The number of carbonyl (C=O) groups excluding carboxylic acids is 1. The molecule has 0 spiro atoms. The standard InChI is InChI=1S/C12H14N4O/c13-8-5-12(17)16(6-8)7-11-14-9-3-1-2-4-10(9)15-11/h1-4,8H,5-7,13H2,(H,14,15). The van der Waals surface area contributed by atoms with Crippen LogP contribution in [-0.4, -0.2) is 33.4 Å². The molecular weight excluding hydrogens is 216 g/mol. The Balaban J connectivity index is 1.83. The Bertz CT molecular complexity index is 529. The van der Waals surface area contributed by atoms with Gasteiger partial charge in [0.05, 0.1) is 17.6 Å². The number of nitrogens with zero attached hydrogens (tertiary/aromatic N) is 2. The summed E-state index contributed by atoms with van der Waals surface area (Å²) in [6.45, 7) is 1.14. The molecule has 0 radical (unpaired) electrons. The molecule has 1 atom stereocenters. The van der Waals surface area contributed by atoms with Crippen LogP contribution in [0.2, 0.25) is 0 Å². The maximum atomic E-state index is 11.6. The molecule has 1 unspecified atom stereocenters. The van der Waals surface area contributed by atoms with Crippen LogP contribution in [0.4, 0.5) is 0 Å². The van der Waals surface area contributed by atoms with E-state index in [0.717, 1.165) is 16.9 Å². The van der Waals surface area contributed by atoms with Crippen LogP contribution < -0.4 is 5.73 Å². The van der Waals surface area contributed by atoms with Crippen molar-refractivity contribution in [2.24, 2.45) is 5.73 Å². The molecule has 2 aromatic rings. The van der Waals surface area contributed by atoms with Gasteiger partial charge in [0.15, 0.2) is 0 Å². The number of aromatic amines is 1. The Morgan fingerprint density at radius 1 is 1.47 bits per heavy atom. The average Bonchev–Trinajstić information content (AvgIpc) is 2.82. The number of nitrogens with two attached hydrogens (primary N) is 1. The third-order valence-corrected chi connectivity index (χ3v) is 3.02. The highest BCUT2D eigenvalue weighted by molar-refractivity contribution is 5.79. The third kappa shape index (κ3) is 1.89. The van der Waals surface area contributed by atoms with Crippen molar-refractivity contribution in [2.75, 3.05) is 6.54 Å². The Kier molecular flexibility index (Phi) is 2.33. The number of nitrogens with one attached hydrogen (secondary N) is 1. The van der Waals surface area contributed by atoms with Crippen molar-refractivity contribution in [1.82, 2.24) is 14.9 Å². The van der Waals surface area contributed by atoms with E-state index < -0.39 is 0 Å². The Morgan fingerprint density at radius 3 is 3.00 bits per heavy atom. The van der Waals surface area contributed by atoms with Gasteiger partial charge in [-0.15, -0.1) is 0 Å². The quantitative estimate of drug-likeness (QED) is 0.794. The average molecular weight is 230 g/mol. The third-order valence-electron chi connectivity index (χ3n) is 3.02. The van der Waals surface area contributed by atoms with E-state index in [-0.39, 0.29) is 11.9 Å². The van der Waals surface area contributed by atoms with E-state index >= 15 is 0 Å². The Morgan fingerprint density at radius 2 is 2.29 bits per heavy atom. The van der Waals surface area contributed by atoms with Crippen molar-refractivity contribution in [3.05, 3.63) is 30.1 Å². The summed E-state index contributed by atoms with van der Waals surface area (Å²) in [6, 6.07) is 7.80. The minimum atomic E-state index is -0.0353. The van der Waals surface area contributed by atoms with E-state index in [0.29, 0.717) is 19.5 Å². The molecule has 1 aliphatic heterocycles. The number of fused-ring (bicyclic) bond motifs is 1. The van der Waals surface area contributed by atoms with E-state index in [1.807, 2.05) is 24.3 Å². The fourth-order valence-electron chi connectivity index (χ4n) is 2.22. The van der Waals surface area contributed by atoms with Gasteiger partial charge in [-0.2, -0.15) is 0 Å². The van der Waals surface area contributed by atoms with Gasteiger partial charge in [-0.1, -0.05) is 12.1 Å². The molecule has 0 aliphatic carbocycles. The van der Waals surface area contributed by atoms with Crippen LogP contribution in [0.5, 0.6) is 0 Å². The smallest absolute Gasteiger partial charge is 0.224 e. The van der Waals surface area contributed by atoms with E-state index in [9.17, 15) is 4.79 Å². The van der Waals surface area contributed by atoms with Crippen LogP contribution in [0.15, 0.2) is 24.3 Å². The summed E-state index contributed by atoms with van der Waals surface area (Å²) >= 11 is 0. The van der Waals surface area contributed by atoms with E-state index in [2.05, 4.69) is 9.97 Å². The predicted molar refractivity (Wildman–Crippen MR) is 64.1 cm³/mol. The van der Waals surface area contributed by atoms with Crippen molar-refractivity contribution >= 4 is 16.9 Å². The monoisotopic (exact) mass is 230 g/mol. The molecule has 1 aromatic heterocycles. The summed E-state index contributed by atoms with van der Waals surface area (Å²) in [4.78, 5) is 21.0. The maximum absolute atomic E-state index is 11.6. The maximum Gasteiger partial charge on any atom is 0.224 e. The predicted octanol–water partition coefficient (Wildman–Crippen LogP) is 0.622. The number of hydrogen-bond donors (Lipinski definition) is 2. The van der Waals surface area contributed by atoms with Gasteiger partial charge < -0.3 is 15.6 Å². The van der Waals surface area contributed by atoms with Gasteiger partial charge >= 0.3 is 0 Å². The molecule has 88 valence electrons. The lowest BCUT2D eigenvalue weighted by Crippen LogP contribution is -2.28. The van der Waals surface area contributed by atoms with Gasteiger partial charge in [-0.05, 0) is 12.1 Å². The van der Waals surface area contributed by atoms with Crippen molar-refractivity contribution in [3.8, 4) is 0 Å². The normalized spacial score (nSPS) is 20.4.